The Kier molecular flexibility index (Phi) is 4.02. The van der Waals surface area contributed by atoms with E-state index in [1.54, 1.807) is 0 Å². The molecule has 1 N–H and O–H groups in total. The van der Waals surface area contributed by atoms with Crippen LogP contribution in [0.4, 0.5) is 0 Å². The summed E-state index contributed by atoms with van der Waals surface area (Å²) in [6, 6.07) is 8.55. The molecule has 0 saturated carbocycles. The van der Waals surface area contributed by atoms with E-state index in [-0.39, 0.29) is 17.9 Å². The van der Waals surface area contributed by atoms with Crippen molar-refractivity contribution in [3.63, 3.8) is 0 Å². The van der Waals surface area contributed by atoms with Gasteiger partial charge in [0.15, 0.2) is 0 Å². The molecule has 0 spiro atoms. The molecule has 2 rings (SSSR count). The molecule has 0 bridgehead atoms. The molecular weight excluding hydrogens is 224 g/mol. The van der Waals surface area contributed by atoms with Gasteiger partial charge in [-0.3, -0.25) is 4.79 Å². The lowest BCUT2D eigenvalue weighted by molar-refractivity contribution is -0.135. The first kappa shape index (κ1) is 13.1. The van der Waals surface area contributed by atoms with E-state index in [2.05, 4.69) is 43.4 Å². The monoisotopic (exact) mass is 246 g/mol. The summed E-state index contributed by atoms with van der Waals surface area (Å²) in [5, 5.41) is 3.25. The predicted octanol–water partition coefficient (Wildman–Crippen LogP) is 2.12. The van der Waals surface area contributed by atoms with Crippen molar-refractivity contribution >= 4 is 5.91 Å². The third-order valence-electron chi connectivity index (χ3n) is 3.90. The Balaban J connectivity index is 2.05. The summed E-state index contributed by atoms with van der Waals surface area (Å²) in [6.07, 6.45) is 0.962. The topological polar surface area (TPSA) is 32.3 Å². The van der Waals surface area contributed by atoms with Crippen LogP contribution in [0.15, 0.2) is 24.3 Å². The van der Waals surface area contributed by atoms with E-state index in [1.807, 2.05) is 11.9 Å². The molecular formula is C15H22N2O. The number of amides is 1. The highest BCUT2D eigenvalue weighted by atomic mass is 16.2. The number of aryl methyl sites for hydroxylation is 1. The molecule has 1 heterocycles. The predicted molar refractivity (Wildman–Crippen MR) is 73.3 cm³/mol. The van der Waals surface area contributed by atoms with Crippen LogP contribution in [0.1, 0.15) is 30.5 Å². The minimum absolute atomic E-state index is 0.138. The molecule has 1 aliphatic rings. The molecule has 0 aliphatic carbocycles. The molecule has 0 radical (unpaired) electrons. The number of rotatable bonds is 3. The maximum Gasteiger partial charge on any atom is 0.227 e. The first-order valence-electron chi connectivity index (χ1n) is 6.63. The molecule has 2 unspecified atom stereocenters. The van der Waals surface area contributed by atoms with E-state index < -0.39 is 0 Å². The maximum atomic E-state index is 12.3. The summed E-state index contributed by atoms with van der Waals surface area (Å²) in [6.45, 7) is 5.95. The van der Waals surface area contributed by atoms with Crippen LogP contribution >= 0.6 is 0 Å². The van der Waals surface area contributed by atoms with Gasteiger partial charge in [0.2, 0.25) is 5.91 Å². The maximum absolute atomic E-state index is 12.3. The highest BCUT2D eigenvalue weighted by Crippen LogP contribution is 2.22. The first-order chi connectivity index (χ1) is 8.59. The van der Waals surface area contributed by atoms with Crippen LogP contribution in [0, 0.1) is 12.8 Å². The van der Waals surface area contributed by atoms with Crippen molar-refractivity contribution in [2.75, 3.05) is 20.1 Å². The summed E-state index contributed by atoms with van der Waals surface area (Å²) in [5.74, 6) is 0.413. The van der Waals surface area contributed by atoms with Gasteiger partial charge in [0.05, 0.1) is 12.0 Å². The van der Waals surface area contributed by atoms with Gasteiger partial charge >= 0.3 is 0 Å². The summed E-state index contributed by atoms with van der Waals surface area (Å²) < 4.78 is 0. The number of hydrogen-bond acceptors (Lipinski definition) is 2. The molecule has 1 aromatic carbocycles. The zero-order chi connectivity index (χ0) is 13.1. The van der Waals surface area contributed by atoms with Gasteiger partial charge < -0.3 is 10.2 Å². The minimum atomic E-state index is 0.138. The number of carbonyl (C=O) groups excluding carboxylic acids is 1. The van der Waals surface area contributed by atoms with Crippen LogP contribution in [-0.2, 0) is 4.79 Å². The number of benzene rings is 1. The Morgan fingerprint density at radius 2 is 2.06 bits per heavy atom. The van der Waals surface area contributed by atoms with E-state index in [0.29, 0.717) is 0 Å². The van der Waals surface area contributed by atoms with Gasteiger partial charge in [-0.15, -0.1) is 0 Å². The van der Waals surface area contributed by atoms with Crippen LogP contribution in [-0.4, -0.2) is 30.9 Å². The number of nitrogens with zero attached hydrogens (tertiary/aromatic N) is 1. The van der Waals surface area contributed by atoms with E-state index >= 15 is 0 Å². The zero-order valence-corrected chi connectivity index (χ0v) is 11.4. The molecule has 1 amide bonds. The molecule has 1 aliphatic heterocycles. The fraction of sp³-hybridized carbons (Fsp3) is 0.533. The van der Waals surface area contributed by atoms with Gasteiger partial charge in [-0.25, -0.2) is 0 Å². The van der Waals surface area contributed by atoms with Gasteiger partial charge in [-0.1, -0.05) is 29.8 Å². The number of carbonyl (C=O) groups is 1. The fourth-order valence-electron chi connectivity index (χ4n) is 2.41. The molecule has 0 aromatic heterocycles. The molecule has 1 fully saturated rings. The van der Waals surface area contributed by atoms with Gasteiger partial charge in [0, 0.05) is 13.6 Å². The highest BCUT2D eigenvalue weighted by molar-refractivity contribution is 5.79. The number of nitrogens with one attached hydrogen (secondary N) is 1. The minimum Gasteiger partial charge on any atom is -0.339 e. The van der Waals surface area contributed by atoms with Crippen LogP contribution < -0.4 is 5.32 Å². The fourth-order valence-corrected chi connectivity index (χ4v) is 2.41. The van der Waals surface area contributed by atoms with Crippen molar-refractivity contribution in [1.82, 2.24) is 10.2 Å². The summed E-state index contributed by atoms with van der Waals surface area (Å²) >= 11 is 0. The largest absolute Gasteiger partial charge is 0.339 e. The van der Waals surface area contributed by atoms with E-state index in [4.69, 9.17) is 0 Å². The van der Waals surface area contributed by atoms with Crippen LogP contribution in [0.5, 0.6) is 0 Å². The number of hydrogen-bond donors (Lipinski definition) is 1. The first-order valence-corrected chi connectivity index (χ1v) is 6.63. The Labute approximate surface area is 109 Å². The average molecular weight is 246 g/mol. The second-order valence-electron chi connectivity index (χ2n) is 5.23. The molecule has 18 heavy (non-hydrogen) atoms. The van der Waals surface area contributed by atoms with Crippen molar-refractivity contribution in [3.8, 4) is 0 Å². The van der Waals surface area contributed by atoms with Gasteiger partial charge in [-0.05, 0) is 32.4 Å². The van der Waals surface area contributed by atoms with E-state index in [9.17, 15) is 4.79 Å². The average Bonchev–Trinajstić information content (AvgIpc) is 2.91. The van der Waals surface area contributed by atoms with Crippen molar-refractivity contribution in [2.24, 2.45) is 5.92 Å². The second kappa shape index (κ2) is 5.53. The molecule has 3 nitrogen and oxygen atoms in total. The lowest BCUT2D eigenvalue weighted by Gasteiger charge is -2.27. The van der Waals surface area contributed by atoms with E-state index in [0.717, 1.165) is 19.5 Å². The zero-order valence-electron chi connectivity index (χ0n) is 11.4. The van der Waals surface area contributed by atoms with Crippen LogP contribution in [0.3, 0.4) is 0 Å². The third-order valence-corrected chi connectivity index (χ3v) is 3.90. The lowest BCUT2D eigenvalue weighted by atomic mass is 10.0. The summed E-state index contributed by atoms with van der Waals surface area (Å²) in [4.78, 5) is 14.2. The second-order valence-corrected chi connectivity index (χ2v) is 5.23. The standard InChI is InChI=1S/C15H22N2O/c1-11-4-6-13(7-5-11)12(2)17(3)15(18)14-8-9-16-10-14/h4-7,12,14,16H,8-10H2,1-3H3. The Morgan fingerprint density at radius 3 is 2.61 bits per heavy atom. The Hall–Kier alpha value is -1.35. The molecule has 2 atom stereocenters. The summed E-state index contributed by atoms with van der Waals surface area (Å²) in [5.41, 5.74) is 2.45. The van der Waals surface area contributed by atoms with Crippen LogP contribution in [0.25, 0.3) is 0 Å². The Bertz CT molecular complexity index is 407. The SMILES string of the molecule is Cc1ccc(C(C)N(C)C(=O)C2CCNC2)cc1. The smallest absolute Gasteiger partial charge is 0.227 e. The van der Waals surface area contributed by atoms with Crippen molar-refractivity contribution in [3.05, 3.63) is 35.4 Å². The molecule has 98 valence electrons. The van der Waals surface area contributed by atoms with E-state index in [1.165, 1.54) is 11.1 Å². The molecule has 3 heteroatoms. The third kappa shape index (κ3) is 2.72. The molecule has 1 aromatic rings. The lowest BCUT2D eigenvalue weighted by Crippen LogP contribution is -2.35. The van der Waals surface area contributed by atoms with Crippen molar-refractivity contribution < 1.29 is 4.79 Å². The Morgan fingerprint density at radius 1 is 1.39 bits per heavy atom. The normalized spacial score (nSPS) is 20.7. The quantitative estimate of drug-likeness (QED) is 0.886. The van der Waals surface area contributed by atoms with Crippen LogP contribution in [0.2, 0.25) is 0 Å². The highest BCUT2D eigenvalue weighted by Gasteiger charge is 2.27. The van der Waals surface area contributed by atoms with Crippen molar-refractivity contribution in [1.29, 1.82) is 0 Å². The molecule has 1 saturated heterocycles. The van der Waals surface area contributed by atoms with Gasteiger partial charge in [0.25, 0.3) is 0 Å². The van der Waals surface area contributed by atoms with Crippen molar-refractivity contribution in [2.45, 2.75) is 26.3 Å². The van der Waals surface area contributed by atoms with Gasteiger partial charge in [-0.2, -0.15) is 0 Å². The summed E-state index contributed by atoms with van der Waals surface area (Å²) in [7, 11) is 1.91. The van der Waals surface area contributed by atoms with Gasteiger partial charge in [0.1, 0.15) is 0 Å².